The molecule has 1 saturated heterocycles. The number of hydrogen-bond acceptors (Lipinski definition) is 7. The fourth-order valence-electron chi connectivity index (χ4n) is 4.39. The summed E-state index contributed by atoms with van der Waals surface area (Å²) in [6, 6.07) is 8.58. The standard InChI is InChI=1S/C22H25N5O2S/c1-13-6-14-8-19(30-21(14)18(7-13)29-2)17-9-15(10-26-5-3-4-16(28)11-26)27-20(17)22(23)24-12-25-27/h6-9,12,16,28H,3-5,10-11H2,1-2H3,(H2,23,24,25). The first kappa shape index (κ1) is 19.3. The quantitative estimate of drug-likeness (QED) is 0.523. The third-order valence-electron chi connectivity index (χ3n) is 5.73. The molecule has 3 aromatic heterocycles. The molecule has 1 atom stereocenters. The highest BCUT2D eigenvalue weighted by molar-refractivity contribution is 7.22. The second-order valence-corrected chi connectivity index (χ2v) is 9.03. The summed E-state index contributed by atoms with van der Waals surface area (Å²) in [4.78, 5) is 7.62. The predicted octanol–water partition coefficient (Wildman–Crippen LogP) is 3.47. The second-order valence-electron chi connectivity index (χ2n) is 7.98. The third kappa shape index (κ3) is 3.30. The van der Waals surface area contributed by atoms with Gasteiger partial charge in [-0.15, -0.1) is 11.3 Å². The lowest BCUT2D eigenvalue weighted by Gasteiger charge is -2.29. The molecule has 0 radical (unpaired) electrons. The van der Waals surface area contributed by atoms with Crippen molar-refractivity contribution in [3.8, 4) is 16.2 Å². The Labute approximate surface area is 178 Å². The van der Waals surface area contributed by atoms with Crippen molar-refractivity contribution in [2.75, 3.05) is 25.9 Å². The number of aryl methyl sites for hydroxylation is 1. The van der Waals surface area contributed by atoms with Crippen LogP contribution in [0.1, 0.15) is 24.1 Å². The summed E-state index contributed by atoms with van der Waals surface area (Å²) in [6.45, 7) is 4.44. The molecule has 4 heterocycles. The summed E-state index contributed by atoms with van der Waals surface area (Å²) in [5.74, 6) is 1.35. The van der Waals surface area contributed by atoms with Crippen LogP contribution in [0.5, 0.6) is 5.75 Å². The van der Waals surface area contributed by atoms with Gasteiger partial charge >= 0.3 is 0 Å². The summed E-state index contributed by atoms with van der Waals surface area (Å²) >= 11 is 1.69. The van der Waals surface area contributed by atoms with Gasteiger partial charge in [-0.05, 0) is 55.5 Å². The van der Waals surface area contributed by atoms with Crippen molar-refractivity contribution in [2.45, 2.75) is 32.4 Å². The maximum atomic E-state index is 10.0. The minimum Gasteiger partial charge on any atom is -0.495 e. The van der Waals surface area contributed by atoms with Crippen LogP contribution in [-0.2, 0) is 6.54 Å². The SMILES string of the molecule is COc1cc(C)cc2cc(-c3cc(CN4CCCC(O)C4)n4ncnc(N)c34)sc12. The van der Waals surface area contributed by atoms with Gasteiger partial charge in [0.15, 0.2) is 5.82 Å². The van der Waals surface area contributed by atoms with E-state index in [9.17, 15) is 5.11 Å². The summed E-state index contributed by atoms with van der Waals surface area (Å²) in [5, 5.41) is 15.7. The number of ether oxygens (including phenoxy) is 1. The molecule has 1 unspecified atom stereocenters. The van der Waals surface area contributed by atoms with Gasteiger partial charge in [-0.2, -0.15) is 5.10 Å². The lowest BCUT2D eigenvalue weighted by molar-refractivity contribution is 0.0659. The number of nitrogen functional groups attached to an aromatic ring is 1. The van der Waals surface area contributed by atoms with Crippen molar-refractivity contribution >= 4 is 32.8 Å². The third-order valence-corrected chi connectivity index (χ3v) is 6.93. The molecule has 0 saturated carbocycles. The number of piperidine rings is 1. The van der Waals surface area contributed by atoms with Crippen molar-refractivity contribution < 1.29 is 9.84 Å². The van der Waals surface area contributed by atoms with E-state index in [-0.39, 0.29) is 6.10 Å². The number of β-amino-alcohol motifs (C(OH)–C–C–N with tert-alkyl or cyclic N) is 1. The van der Waals surface area contributed by atoms with E-state index in [1.807, 2.05) is 4.52 Å². The van der Waals surface area contributed by atoms with E-state index >= 15 is 0 Å². The van der Waals surface area contributed by atoms with E-state index in [0.29, 0.717) is 18.9 Å². The Balaban J connectivity index is 1.63. The van der Waals surface area contributed by atoms with Crippen LogP contribution in [0.15, 0.2) is 30.6 Å². The van der Waals surface area contributed by atoms with E-state index in [4.69, 9.17) is 10.5 Å². The topological polar surface area (TPSA) is 88.9 Å². The van der Waals surface area contributed by atoms with Gasteiger partial charge in [-0.3, -0.25) is 4.90 Å². The van der Waals surface area contributed by atoms with Crippen molar-refractivity contribution in [1.82, 2.24) is 19.5 Å². The lowest BCUT2D eigenvalue weighted by atomic mass is 10.1. The first-order chi connectivity index (χ1) is 14.5. The molecule has 0 spiro atoms. The molecule has 7 nitrogen and oxygen atoms in total. The van der Waals surface area contributed by atoms with E-state index < -0.39 is 0 Å². The van der Waals surface area contributed by atoms with Crippen LogP contribution in [-0.4, -0.2) is 50.9 Å². The van der Waals surface area contributed by atoms with Crippen LogP contribution in [0.4, 0.5) is 5.82 Å². The molecule has 1 aliphatic heterocycles. The molecular weight excluding hydrogens is 398 g/mol. The fraction of sp³-hybridized carbons (Fsp3) is 0.364. The van der Waals surface area contributed by atoms with Crippen molar-refractivity contribution in [2.24, 2.45) is 0 Å². The van der Waals surface area contributed by atoms with Crippen LogP contribution in [0, 0.1) is 6.92 Å². The van der Waals surface area contributed by atoms with Crippen LogP contribution < -0.4 is 10.5 Å². The van der Waals surface area contributed by atoms with Gasteiger partial charge in [-0.1, -0.05) is 6.07 Å². The summed E-state index contributed by atoms with van der Waals surface area (Å²) in [7, 11) is 1.71. The molecule has 3 N–H and O–H groups in total. The normalized spacial score (nSPS) is 17.8. The monoisotopic (exact) mass is 423 g/mol. The van der Waals surface area contributed by atoms with Crippen molar-refractivity contribution in [3.63, 3.8) is 0 Å². The number of thiophene rings is 1. The maximum Gasteiger partial charge on any atom is 0.152 e. The number of fused-ring (bicyclic) bond motifs is 2. The number of likely N-dealkylation sites (tertiary alicyclic amines) is 1. The zero-order valence-electron chi connectivity index (χ0n) is 17.1. The number of hydrogen-bond donors (Lipinski definition) is 2. The Morgan fingerprint density at radius 2 is 2.17 bits per heavy atom. The van der Waals surface area contributed by atoms with E-state index in [1.165, 1.54) is 6.33 Å². The Morgan fingerprint density at radius 1 is 1.30 bits per heavy atom. The molecular formula is C22H25N5O2S. The minimum absolute atomic E-state index is 0.262. The molecule has 1 aliphatic rings. The predicted molar refractivity (Wildman–Crippen MR) is 120 cm³/mol. The first-order valence-corrected chi connectivity index (χ1v) is 10.9. The van der Waals surface area contributed by atoms with Gasteiger partial charge in [0.1, 0.15) is 17.6 Å². The van der Waals surface area contributed by atoms with E-state index in [2.05, 4.69) is 46.2 Å². The number of methoxy groups -OCH3 is 1. The van der Waals surface area contributed by atoms with Crippen molar-refractivity contribution in [1.29, 1.82) is 0 Å². The van der Waals surface area contributed by atoms with Gasteiger partial charge < -0.3 is 15.6 Å². The number of rotatable bonds is 4. The summed E-state index contributed by atoms with van der Waals surface area (Å²) in [6.07, 6.45) is 3.11. The molecule has 1 fully saturated rings. The Kier molecular flexibility index (Phi) is 4.85. The van der Waals surface area contributed by atoms with Crippen LogP contribution in [0.25, 0.3) is 26.0 Å². The van der Waals surface area contributed by atoms with E-state index in [1.54, 1.807) is 18.4 Å². The smallest absolute Gasteiger partial charge is 0.152 e. The van der Waals surface area contributed by atoms with Crippen LogP contribution in [0.2, 0.25) is 0 Å². The zero-order valence-corrected chi connectivity index (χ0v) is 17.9. The Morgan fingerprint density at radius 3 is 2.97 bits per heavy atom. The Hall–Kier alpha value is -2.68. The highest BCUT2D eigenvalue weighted by Crippen LogP contribution is 2.42. The highest BCUT2D eigenvalue weighted by Gasteiger charge is 2.22. The maximum absolute atomic E-state index is 10.0. The average Bonchev–Trinajstić information content (AvgIpc) is 3.30. The Bertz CT molecular complexity index is 1230. The number of aliphatic hydroxyl groups excluding tert-OH is 1. The lowest BCUT2D eigenvalue weighted by Crippen LogP contribution is -2.37. The number of aliphatic hydroxyl groups is 1. The molecule has 5 rings (SSSR count). The number of aromatic nitrogens is 3. The number of nitrogens with zero attached hydrogens (tertiary/aromatic N) is 4. The van der Waals surface area contributed by atoms with Gasteiger partial charge in [0.2, 0.25) is 0 Å². The fourth-order valence-corrected chi connectivity index (χ4v) is 5.54. The van der Waals surface area contributed by atoms with E-state index in [0.717, 1.165) is 62.4 Å². The van der Waals surface area contributed by atoms with Gasteiger partial charge in [0, 0.05) is 23.5 Å². The molecule has 156 valence electrons. The first-order valence-electron chi connectivity index (χ1n) is 10.1. The molecule has 4 aromatic rings. The van der Waals surface area contributed by atoms with Gasteiger partial charge in [0.05, 0.1) is 23.6 Å². The van der Waals surface area contributed by atoms with Crippen molar-refractivity contribution in [3.05, 3.63) is 41.9 Å². The van der Waals surface area contributed by atoms with Gasteiger partial charge in [0.25, 0.3) is 0 Å². The average molecular weight is 424 g/mol. The number of benzene rings is 1. The summed E-state index contributed by atoms with van der Waals surface area (Å²) in [5.41, 5.74) is 10.4. The molecule has 0 aliphatic carbocycles. The minimum atomic E-state index is -0.262. The molecule has 8 heteroatoms. The molecule has 0 amide bonds. The molecule has 30 heavy (non-hydrogen) atoms. The van der Waals surface area contributed by atoms with Crippen LogP contribution >= 0.6 is 11.3 Å². The molecule has 1 aromatic carbocycles. The number of nitrogens with two attached hydrogens (primary N) is 1. The van der Waals surface area contributed by atoms with Gasteiger partial charge in [-0.25, -0.2) is 9.50 Å². The molecule has 0 bridgehead atoms. The number of anilines is 1. The highest BCUT2D eigenvalue weighted by atomic mass is 32.1. The zero-order chi connectivity index (χ0) is 20.8. The largest absolute Gasteiger partial charge is 0.495 e. The van der Waals surface area contributed by atoms with Crippen LogP contribution in [0.3, 0.4) is 0 Å². The summed E-state index contributed by atoms with van der Waals surface area (Å²) < 4.78 is 8.62. The second kappa shape index (κ2) is 7.54.